The first-order valence-corrected chi connectivity index (χ1v) is 10.7. The van der Waals surface area contributed by atoms with Gasteiger partial charge in [0, 0.05) is 38.8 Å². The van der Waals surface area contributed by atoms with Crippen LogP contribution in [0.3, 0.4) is 0 Å². The van der Waals surface area contributed by atoms with Crippen molar-refractivity contribution in [1.82, 2.24) is 19.9 Å². The zero-order valence-corrected chi connectivity index (χ0v) is 18.5. The summed E-state index contributed by atoms with van der Waals surface area (Å²) in [7, 11) is 0. The van der Waals surface area contributed by atoms with Crippen molar-refractivity contribution < 1.29 is 19.4 Å². The number of nitrogens with zero attached hydrogens (tertiary/aromatic N) is 4. The molecule has 4 rings (SSSR count). The number of carbonyl (C=O) groups excluding carboxylic acids is 1. The van der Waals surface area contributed by atoms with Crippen molar-refractivity contribution in [1.29, 1.82) is 0 Å². The molecule has 1 aromatic carbocycles. The van der Waals surface area contributed by atoms with Crippen LogP contribution in [0.25, 0.3) is 11.0 Å². The number of ether oxygens (including phenoxy) is 1. The summed E-state index contributed by atoms with van der Waals surface area (Å²) in [5.74, 6) is 1.87. The summed E-state index contributed by atoms with van der Waals surface area (Å²) < 4.78 is 5.32. The van der Waals surface area contributed by atoms with Gasteiger partial charge in [0.1, 0.15) is 11.6 Å². The number of carboxylic acid groups (broad SMARTS) is 1. The predicted molar refractivity (Wildman–Crippen MR) is 122 cm³/mol. The van der Waals surface area contributed by atoms with E-state index < -0.39 is 0 Å². The second-order valence-electron chi connectivity index (χ2n) is 7.40. The van der Waals surface area contributed by atoms with Gasteiger partial charge in [-0.25, -0.2) is 9.97 Å². The van der Waals surface area contributed by atoms with Gasteiger partial charge in [-0.15, -0.1) is 0 Å². The van der Waals surface area contributed by atoms with E-state index in [-0.39, 0.29) is 12.4 Å². The molecule has 170 valence electrons. The van der Waals surface area contributed by atoms with Gasteiger partial charge < -0.3 is 24.6 Å². The van der Waals surface area contributed by atoms with Gasteiger partial charge in [-0.05, 0) is 37.6 Å². The minimum atomic E-state index is -0.250. The van der Waals surface area contributed by atoms with Crippen molar-refractivity contribution >= 4 is 29.2 Å². The summed E-state index contributed by atoms with van der Waals surface area (Å²) in [6.45, 7) is 8.05. The number of pyridine rings is 1. The third kappa shape index (κ3) is 5.61. The standard InChI is InChI=1S/C22H27N5O2.CH2O2/c1-3-26(10-9-19-24-18-6-4-5-16(2)21(18)25-19)20-8-7-17(15-23-20)22(28)27-11-13-29-14-12-27;2-1-3/h4-8,15H,3,9-14H2,1-2H3,(H,24,25);1H,(H,2,3). The maximum Gasteiger partial charge on any atom is 0.290 e. The predicted octanol–water partition coefficient (Wildman–Crippen LogP) is 2.51. The highest BCUT2D eigenvalue weighted by Crippen LogP contribution is 2.17. The minimum absolute atomic E-state index is 0.0213. The fourth-order valence-corrected chi connectivity index (χ4v) is 3.67. The minimum Gasteiger partial charge on any atom is -0.483 e. The molecule has 1 aliphatic heterocycles. The van der Waals surface area contributed by atoms with Gasteiger partial charge in [0.05, 0.1) is 29.8 Å². The number of morpholine rings is 1. The number of likely N-dealkylation sites (N-methyl/N-ethyl adjacent to an activating group) is 1. The molecule has 0 unspecified atom stereocenters. The van der Waals surface area contributed by atoms with Crippen LogP contribution in [0.15, 0.2) is 36.5 Å². The number of imidazole rings is 1. The van der Waals surface area contributed by atoms with Gasteiger partial charge in [-0.3, -0.25) is 9.59 Å². The molecule has 9 heteroatoms. The highest BCUT2D eigenvalue weighted by molar-refractivity contribution is 5.94. The van der Waals surface area contributed by atoms with Crippen LogP contribution >= 0.6 is 0 Å². The average Bonchev–Trinajstić information content (AvgIpc) is 3.25. The van der Waals surface area contributed by atoms with Crippen LogP contribution < -0.4 is 4.90 Å². The van der Waals surface area contributed by atoms with E-state index >= 15 is 0 Å². The molecule has 0 bridgehead atoms. The molecule has 2 aromatic heterocycles. The number of fused-ring (bicyclic) bond motifs is 1. The molecule has 3 aromatic rings. The zero-order valence-electron chi connectivity index (χ0n) is 18.5. The largest absolute Gasteiger partial charge is 0.483 e. The van der Waals surface area contributed by atoms with Crippen LogP contribution in [0.4, 0.5) is 5.82 Å². The number of rotatable bonds is 6. The van der Waals surface area contributed by atoms with Gasteiger partial charge in [-0.2, -0.15) is 0 Å². The number of hydrogen-bond acceptors (Lipinski definition) is 6. The number of para-hydroxylation sites is 1. The number of carbonyl (C=O) groups is 2. The summed E-state index contributed by atoms with van der Waals surface area (Å²) in [4.78, 5) is 37.7. The second kappa shape index (κ2) is 11.2. The van der Waals surface area contributed by atoms with Crippen molar-refractivity contribution in [2.75, 3.05) is 44.3 Å². The third-order valence-electron chi connectivity index (χ3n) is 5.38. The lowest BCUT2D eigenvalue weighted by atomic mass is 10.2. The van der Waals surface area contributed by atoms with Crippen LogP contribution in [0, 0.1) is 6.92 Å². The lowest BCUT2D eigenvalue weighted by Gasteiger charge is -2.27. The van der Waals surface area contributed by atoms with E-state index in [1.54, 1.807) is 6.20 Å². The smallest absolute Gasteiger partial charge is 0.290 e. The van der Waals surface area contributed by atoms with Crippen LogP contribution in [-0.2, 0) is 16.0 Å². The molecule has 1 fully saturated rings. The van der Waals surface area contributed by atoms with E-state index in [1.807, 2.05) is 23.1 Å². The molecule has 1 saturated heterocycles. The Kier molecular flexibility index (Phi) is 8.15. The molecule has 9 nitrogen and oxygen atoms in total. The number of amides is 1. The molecule has 0 spiro atoms. The second-order valence-corrected chi connectivity index (χ2v) is 7.40. The fraction of sp³-hybridized carbons (Fsp3) is 0.391. The molecule has 0 atom stereocenters. The van der Waals surface area contributed by atoms with Gasteiger partial charge in [-0.1, -0.05) is 12.1 Å². The van der Waals surface area contributed by atoms with E-state index in [0.29, 0.717) is 31.9 Å². The molecule has 32 heavy (non-hydrogen) atoms. The first-order chi connectivity index (χ1) is 15.6. The lowest BCUT2D eigenvalue weighted by Crippen LogP contribution is -2.40. The quantitative estimate of drug-likeness (QED) is 0.568. The first kappa shape index (κ1) is 23.2. The number of aromatic nitrogens is 3. The molecule has 0 radical (unpaired) electrons. The molecular weight excluding hydrogens is 410 g/mol. The Morgan fingerprint density at radius 3 is 2.66 bits per heavy atom. The lowest BCUT2D eigenvalue weighted by molar-refractivity contribution is -0.122. The fourth-order valence-electron chi connectivity index (χ4n) is 3.67. The Balaban J connectivity index is 0.000000913. The molecule has 2 N–H and O–H groups in total. The van der Waals surface area contributed by atoms with E-state index in [4.69, 9.17) is 19.6 Å². The number of benzene rings is 1. The van der Waals surface area contributed by atoms with Gasteiger partial charge in [0.15, 0.2) is 0 Å². The number of hydrogen-bond donors (Lipinski definition) is 2. The van der Waals surface area contributed by atoms with Crippen LogP contribution in [-0.4, -0.2) is 76.7 Å². The van der Waals surface area contributed by atoms with E-state index in [2.05, 4.69) is 40.8 Å². The van der Waals surface area contributed by atoms with Crippen molar-refractivity contribution in [3.63, 3.8) is 0 Å². The van der Waals surface area contributed by atoms with Crippen molar-refractivity contribution in [3.8, 4) is 0 Å². The Labute approximate surface area is 187 Å². The van der Waals surface area contributed by atoms with Crippen molar-refractivity contribution in [3.05, 3.63) is 53.5 Å². The summed E-state index contributed by atoms with van der Waals surface area (Å²) in [6.07, 6.45) is 2.48. The summed E-state index contributed by atoms with van der Waals surface area (Å²) >= 11 is 0. The number of anilines is 1. The molecule has 3 heterocycles. The molecule has 1 aliphatic rings. The summed E-state index contributed by atoms with van der Waals surface area (Å²) in [6, 6.07) is 9.98. The zero-order chi connectivity index (χ0) is 22.9. The number of aryl methyl sites for hydroxylation is 1. The SMILES string of the molecule is CCN(CCc1nc2c(C)cccc2[nH]1)c1ccc(C(=O)N2CCOCC2)cn1.O=CO. The molecular formula is C23H29N5O4. The van der Waals surface area contributed by atoms with Gasteiger partial charge in [0.25, 0.3) is 12.4 Å². The Bertz CT molecular complexity index is 1030. The van der Waals surface area contributed by atoms with E-state index in [9.17, 15) is 4.79 Å². The summed E-state index contributed by atoms with van der Waals surface area (Å²) in [5, 5.41) is 6.89. The number of H-pyrrole nitrogens is 1. The van der Waals surface area contributed by atoms with E-state index in [1.165, 1.54) is 5.56 Å². The molecule has 0 aliphatic carbocycles. The Morgan fingerprint density at radius 2 is 2.03 bits per heavy atom. The average molecular weight is 440 g/mol. The monoisotopic (exact) mass is 439 g/mol. The van der Waals surface area contributed by atoms with Crippen LogP contribution in [0.1, 0.15) is 28.7 Å². The van der Waals surface area contributed by atoms with E-state index in [0.717, 1.165) is 42.2 Å². The number of nitrogens with one attached hydrogen (secondary N) is 1. The van der Waals surface area contributed by atoms with Crippen molar-refractivity contribution in [2.45, 2.75) is 20.3 Å². The topological polar surface area (TPSA) is 112 Å². The van der Waals surface area contributed by atoms with Gasteiger partial charge >= 0.3 is 0 Å². The highest BCUT2D eigenvalue weighted by Gasteiger charge is 2.19. The first-order valence-electron chi connectivity index (χ1n) is 10.7. The highest BCUT2D eigenvalue weighted by atomic mass is 16.5. The normalized spacial score (nSPS) is 13.4. The van der Waals surface area contributed by atoms with Crippen LogP contribution in [0.5, 0.6) is 0 Å². The van der Waals surface area contributed by atoms with Gasteiger partial charge in [0.2, 0.25) is 0 Å². The molecule has 0 saturated carbocycles. The summed E-state index contributed by atoms with van der Waals surface area (Å²) in [5.41, 5.74) is 3.92. The maximum atomic E-state index is 12.6. The maximum absolute atomic E-state index is 12.6. The van der Waals surface area contributed by atoms with Crippen molar-refractivity contribution in [2.24, 2.45) is 0 Å². The Morgan fingerprint density at radius 1 is 1.28 bits per heavy atom. The third-order valence-corrected chi connectivity index (χ3v) is 5.38. The Hall–Kier alpha value is -3.46. The van der Waals surface area contributed by atoms with Crippen LogP contribution in [0.2, 0.25) is 0 Å². The number of aromatic amines is 1. The molecule has 1 amide bonds.